The number of aryl methyl sites for hydroxylation is 1. The van der Waals surface area contributed by atoms with E-state index in [-0.39, 0.29) is 5.82 Å². The van der Waals surface area contributed by atoms with Gasteiger partial charge in [-0.3, -0.25) is 4.40 Å². The van der Waals surface area contributed by atoms with Crippen LogP contribution in [0.2, 0.25) is 0 Å². The fourth-order valence-corrected chi connectivity index (χ4v) is 3.70. The quantitative estimate of drug-likeness (QED) is 0.491. The van der Waals surface area contributed by atoms with E-state index < -0.39 is 0 Å². The topological polar surface area (TPSA) is 38.6 Å². The standard InChI is InChI=1S/C21H17FN2O.C4H9N/c1-14-3-5-16(6-4-14)21-18(15-7-9-17(22)10-8-15)11-20(25-2)19-12-23-13-24(19)21;1-2-4-5-3-1/h3-13H,1-2H3;5H,1-4H2. The summed E-state index contributed by atoms with van der Waals surface area (Å²) in [6.45, 7) is 4.56. The van der Waals surface area contributed by atoms with Crippen molar-refractivity contribution in [2.75, 3.05) is 20.2 Å². The average Bonchev–Trinajstić information content (AvgIpc) is 3.49. The average molecular weight is 404 g/mol. The molecule has 2 aromatic carbocycles. The molecule has 1 N–H and O–H groups in total. The molecule has 0 saturated carbocycles. The Morgan fingerprint density at radius 1 is 0.967 bits per heavy atom. The van der Waals surface area contributed by atoms with Crippen LogP contribution in [0.15, 0.2) is 67.1 Å². The molecule has 5 heteroatoms. The minimum atomic E-state index is -0.253. The number of pyridine rings is 1. The number of hydrogen-bond donors (Lipinski definition) is 1. The molecule has 1 aliphatic rings. The molecule has 0 amide bonds. The van der Waals surface area contributed by atoms with Crippen LogP contribution in [0.3, 0.4) is 0 Å². The number of nitrogens with one attached hydrogen (secondary N) is 1. The number of fused-ring (bicyclic) bond motifs is 1. The van der Waals surface area contributed by atoms with E-state index in [1.807, 2.05) is 10.5 Å². The van der Waals surface area contributed by atoms with Gasteiger partial charge in [0.1, 0.15) is 17.1 Å². The van der Waals surface area contributed by atoms with E-state index in [0.29, 0.717) is 0 Å². The first kappa shape index (κ1) is 20.1. The van der Waals surface area contributed by atoms with E-state index >= 15 is 0 Å². The van der Waals surface area contributed by atoms with E-state index in [4.69, 9.17) is 4.74 Å². The highest BCUT2D eigenvalue weighted by Crippen LogP contribution is 2.37. The Hall–Kier alpha value is -3.18. The van der Waals surface area contributed by atoms with Gasteiger partial charge in [0, 0.05) is 5.56 Å². The molecule has 2 aromatic heterocycles. The van der Waals surface area contributed by atoms with Crippen molar-refractivity contribution in [1.82, 2.24) is 14.7 Å². The van der Waals surface area contributed by atoms with Gasteiger partial charge in [0.05, 0.1) is 25.3 Å². The van der Waals surface area contributed by atoms with E-state index in [1.54, 1.807) is 31.8 Å². The first-order valence-electron chi connectivity index (χ1n) is 10.2. The molecule has 0 unspecified atom stereocenters. The summed E-state index contributed by atoms with van der Waals surface area (Å²) < 4.78 is 20.9. The fourth-order valence-electron chi connectivity index (χ4n) is 3.70. The highest BCUT2D eigenvalue weighted by Gasteiger charge is 2.16. The maximum Gasteiger partial charge on any atom is 0.145 e. The third-order valence-electron chi connectivity index (χ3n) is 5.32. The van der Waals surface area contributed by atoms with Gasteiger partial charge in [-0.25, -0.2) is 9.37 Å². The number of ether oxygens (including phenoxy) is 1. The largest absolute Gasteiger partial charge is 0.494 e. The van der Waals surface area contributed by atoms with Crippen molar-refractivity contribution in [3.8, 4) is 28.1 Å². The van der Waals surface area contributed by atoms with Crippen LogP contribution in [0.4, 0.5) is 4.39 Å². The molecule has 4 nitrogen and oxygen atoms in total. The van der Waals surface area contributed by atoms with Crippen molar-refractivity contribution in [2.45, 2.75) is 19.8 Å². The van der Waals surface area contributed by atoms with Gasteiger partial charge in [-0.2, -0.15) is 0 Å². The third kappa shape index (κ3) is 4.21. The van der Waals surface area contributed by atoms with Crippen molar-refractivity contribution >= 4 is 5.52 Å². The molecule has 0 aliphatic carbocycles. The molecule has 0 radical (unpaired) electrons. The highest BCUT2D eigenvalue weighted by atomic mass is 19.1. The zero-order valence-corrected chi connectivity index (χ0v) is 17.4. The normalized spacial score (nSPS) is 13.2. The van der Waals surface area contributed by atoms with Crippen molar-refractivity contribution in [1.29, 1.82) is 0 Å². The molecule has 5 rings (SSSR count). The van der Waals surface area contributed by atoms with Gasteiger partial charge < -0.3 is 10.1 Å². The number of nitrogens with zero attached hydrogens (tertiary/aromatic N) is 2. The second-order valence-electron chi connectivity index (χ2n) is 7.45. The van der Waals surface area contributed by atoms with E-state index in [0.717, 1.165) is 33.7 Å². The maximum atomic E-state index is 13.4. The minimum Gasteiger partial charge on any atom is -0.494 e. The molecule has 1 aliphatic heterocycles. The Labute approximate surface area is 176 Å². The molecule has 0 spiro atoms. The van der Waals surface area contributed by atoms with Crippen LogP contribution in [0, 0.1) is 12.7 Å². The van der Waals surface area contributed by atoms with Gasteiger partial charge in [-0.15, -0.1) is 0 Å². The molecule has 1 fully saturated rings. The Balaban J connectivity index is 0.000000383. The molecule has 0 bridgehead atoms. The summed E-state index contributed by atoms with van der Waals surface area (Å²) in [6.07, 6.45) is 6.34. The summed E-state index contributed by atoms with van der Waals surface area (Å²) in [5.41, 5.74) is 6.04. The van der Waals surface area contributed by atoms with Crippen LogP contribution in [-0.4, -0.2) is 29.6 Å². The first-order chi connectivity index (χ1) is 14.7. The lowest BCUT2D eigenvalue weighted by molar-refractivity contribution is 0.418. The van der Waals surface area contributed by atoms with E-state index in [2.05, 4.69) is 41.5 Å². The second-order valence-corrected chi connectivity index (χ2v) is 7.45. The van der Waals surface area contributed by atoms with Crippen molar-refractivity contribution < 1.29 is 9.13 Å². The summed E-state index contributed by atoms with van der Waals surface area (Å²) in [7, 11) is 1.64. The predicted molar refractivity (Wildman–Crippen MR) is 119 cm³/mol. The number of imidazole rings is 1. The Bertz CT molecular complexity index is 1110. The summed E-state index contributed by atoms with van der Waals surface area (Å²) in [5, 5.41) is 3.22. The van der Waals surface area contributed by atoms with Crippen LogP contribution in [-0.2, 0) is 0 Å². The van der Waals surface area contributed by atoms with Gasteiger partial charge in [-0.05, 0) is 62.2 Å². The third-order valence-corrected chi connectivity index (χ3v) is 5.32. The van der Waals surface area contributed by atoms with E-state index in [1.165, 1.54) is 43.6 Å². The summed E-state index contributed by atoms with van der Waals surface area (Å²) in [6, 6.07) is 16.8. The van der Waals surface area contributed by atoms with Gasteiger partial charge in [0.2, 0.25) is 0 Å². The number of hydrogen-bond acceptors (Lipinski definition) is 3. The fraction of sp³-hybridized carbons (Fsp3) is 0.240. The number of aromatic nitrogens is 2. The molecule has 3 heterocycles. The van der Waals surface area contributed by atoms with Crippen molar-refractivity contribution in [3.05, 3.63) is 78.5 Å². The lowest BCUT2D eigenvalue weighted by atomic mass is 9.98. The smallest absolute Gasteiger partial charge is 0.145 e. The summed E-state index contributed by atoms with van der Waals surface area (Å²) >= 11 is 0. The number of methoxy groups -OCH3 is 1. The minimum absolute atomic E-state index is 0.253. The lowest BCUT2D eigenvalue weighted by Gasteiger charge is -2.16. The zero-order chi connectivity index (χ0) is 20.9. The molecule has 0 atom stereocenters. The molecule has 30 heavy (non-hydrogen) atoms. The van der Waals surface area contributed by atoms with Crippen LogP contribution in [0.1, 0.15) is 18.4 Å². The monoisotopic (exact) mass is 403 g/mol. The SMILES string of the molecule is C1CCNC1.COc1cc(-c2ccc(F)cc2)c(-c2ccc(C)cc2)n2cncc12. The van der Waals surface area contributed by atoms with Crippen LogP contribution >= 0.6 is 0 Å². The summed E-state index contributed by atoms with van der Waals surface area (Å²) in [5.74, 6) is 0.476. The second kappa shape index (κ2) is 9.09. The number of rotatable bonds is 3. The number of benzene rings is 2. The van der Waals surface area contributed by atoms with Gasteiger partial charge in [-0.1, -0.05) is 42.0 Å². The molecule has 4 aromatic rings. The molecular formula is C25H26FN3O. The van der Waals surface area contributed by atoms with Gasteiger partial charge in [0.25, 0.3) is 0 Å². The van der Waals surface area contributed by atoms with Crippen LogP contribution in [0.25, 0.3) is 27.9 Å². The molecule has 154 valence electrons. The van der Waals surface area contributed by atoms with Crippen LogP contribution < -0.4 is 10.1 Å². The lowest BCUT2D eigenvalue weighted by Crippen LogP contribution is -2.03. The van der Waals surface area contributed by atoms with Crippen molar-refractivity contribution in [2.24, 2.45) is 0 Å². The summed E-state index contributed by atoms with van der Waals surface area (Å²) in [4.78, 5) is 4.29. The van der Waals surface area contributed by atoms with Crippen molar-refractivity contribution in [3.63, 3.8) is 0 Å². The van der Waals surface area contributed by atoms with Crippen LogP contribution in [0.5, 0.6) is 5.75 Å². The predicted octanol–water partition coefficient (Wildman–Crippen LogP) is 5.49. The zero-order valence-electron chi connectivity index (χ0n) is 17.4. The molecular weight excluding hydrogens is 377 g/mol. The van der Waals surface area contributed by atoms with E-state index in [9.17, 15) is 4.39 Å². The van der Waals surface area contributed by atoms with Gasteiger partial charge in [0.15, 0.2) is 0 Å². The first-order valence-corrected chi connectivity index (χ1v) is 10.2. The number of halogens is 1. The highest BCUT2D eigenvalue weighted by molar-refractivity contribution is 5.86. The molecule has 1 saturated heterocycles. The Morgan fingerprint density at radius 2 is 1.63 bits per heavy atom. The van der Waals surface area contributed by atoms with Gasteiger partial charge >= 0.3 is 0 Å². The Kier molecular flexibility index (Phi) is 6.10. The maximum absolute atomic E-state index is 13.4. The Morgan fingerprint density at radius 3 is 2.23 bits per heavy atom.